The van der Waals surface area contributed by atoms with E-state index >= 15 is 0 Å². The van der Waals surface area contributed by atoms with Crippen LogP contribution in [0, 0.1) is 0 Å². The molecule has 1 aliphatic rings. The first kappa shape index (κ1) is 21.4. The third kappa shape index (κ3) is 4.39. The summed E-state index contributed by atoms with van der Waals surface area (Å²) in [6, 6.07) is 14.9. The Morgan fingerprint density at radius 1 is 1.06 bits per heavy atom. The molecule has 33 heavy (non-hydrogen) atoms. The number of benzene rings is 2. The highest BCUT2D eigenvalue weighted by molar-refractivity contribution is 7.99. The number of nitrogens with zero attached hydrogens (tertiary/aromatic N) is 5. The Morgan fingerprint density at radius 2 is 1.82 bits per heavy atom. The molecule has 168 valence electrons. The predicted molar refractivity (Wildman–Crippen MR) is 126 cm³/mol. The second kappa shape index (κ2) is 9.16. The van der Waals surface area contributed by atoms with Gasteiger partial charge < -0.3 is 19.5 Å². The molecule has 1 fully saturated rings. The maximum atomic E-state index is 12.5. The van der Waals surface area contributed by atoms with Gasteiger partial charge in [0.15, 0.2) is 5.65 Å². The van der Waals surface area contributed by atoms with E-state index in [9.17, 15) is 9.59 Å². The molecule has 0 unspecified atom stereocenters. The first-order valence-corrected chi connectivity index (χ1v) is 11.6. The van der Waals surface area contributed by atoms with Crippen molar-refractivity contribution in [2.45, 2.75) is 5.16 Å². The van der Waals surface area contributed by atoms with E-state index in [0.29, 0.717) is 42.7 Å². The number of carbonyl (C=O) groups is 2. The SMILES string of the molecule is Cn1c2ccccc2c2nnc(SCC(=O)Nc3ccc(C(=O)N4CCOCC4)cc3)nc21. The Kier molecular flexibility index (Phi) is 5.93. The molecule has 3 heterocycles. The van der Waals surface area contributed by atoms with Gasteiger partial charge in [0.1, 0.15) is 5.52 Å². The van der Waals surface area contributed by atoms with Crippen LogP contribution in [0.4, 0.5) is 5.69 Å². The lowest BCUT2D eigenvalue weighted by atomic mass is 10.1. The van der Waals surface area contributed by atoms with Gasteiger partial charge in [-0.1, -0.05) is 30.0 Å². The summed E-state index contributed by atoms with van der Waals surface area (Å²) in [5.41, 5.74) is 3.72. The van der Waals surface area contributed by atoms with Crippen molar-refractivity contribution >= 4 is 51.3 Å². The molecule has 1 aliphatic heterocycles. The number of thioether (sulfide) groups is 1. The zero-order chi connectivity index (χ0) is 22.8. The van der Waals surface area contributed by atoms with Gasteiger partial charge in [-0.05, 0) is 30.3 Å². The van der Waals surface area contributed by atoms with Crippen LogP contribution in [0.5, 0.6) is 0 Å². The second-order valence-electron chi connectivity index (χ2n) is 7.66. The van der Waals surface area contributed by atoms with Crippen LogP contribution in [0.25, 0.3) is 22.1 Å². The number of hydrogen-bond acceptors (Lipinski definition) is 7. The molecule has 0 bridgehead atoms. The summed E-state index contributed by atoms with van der Waals surface area (Å²) in [5, 5.41) is 12.8. The molecule has 0 aliphatic carbocycles. The van der Waals surface area contributed by atoms with Crippen molar-refractivity contribution in [3.63, 3.8) is 0 Å². The van der Waals surface area contributed by atoms with E-state index in [1.54, 1.807) is 29.2 Å². The molecule has 1 N–H and O–H groups in total. The van der Waals surface area contributed by atoms with Gasteiger partial charge in [0, 0.05) is 36.8 Å². The van der Waals surface area contributed by atoms with Crippen molar-refractivity contribution in [2.24, 2.45) is 7.05 Å². The van der Waals surface area contributed by atoms with Crippen LogP contribution < -0.4 is 5.32 Å². The molecule has 5 rings (SSSR count). The average Bonchev–Trinajstić information content (AvgIpc) is 3.15. The lowest BCUT2D eigenvalue weighted by Gasteiger charge is -2.26. The number of amides is 2. The van der Waals surface area contributed by atoms with E-state index < -0.39 is 0 Å². The van der Waals surface area contributed by atoms with Gasteiger partial charge in [0.2, 0.25) is 11.1 Å². The van der Waals surface area contributed by atoms with E-state index in [1.165, 1.54) is 11.8 Å². The normalized spacial score (nSPS) is 14.0. The minimum atomic E-state index is -0.187. The summed E-state index contributed by atoms with van der Waals surface area (Å²) in [4.78, 5) is 31.3. The lowest BCUT2D eigenvalue weighted by molar-refractivity contribution is -0.113. The van der Waals surface area contributed by atoms with Crippen molar-refractivity contribution in [2.75, 3.05) is 37.4 Å². The topological polar surface area (TPSA) is 102 Å². The van der Waals surface area contributed by atoms with Gasteiger partial charge in [0.25, 0.3) is 5.91 Å². The van der Waals surface area contributed by atoms with Gasteiger partial charge in [-0.3, -0.25) is 9.59 Å². The van der Waals surface area contributed by atoms with Crippen molar-refractivity contribution < 1.29 is 14.3 Å². The minimum absolute atomic E-state index is 0.0277. The maximum absolute atomic E-state index is 12.5. The second-order valence-corrected chi connectivity index (χ2v) is 8.60. The van der Waals surface area contributed by atoms with Crippen LogP contribution in [-0.2, 0) is 16.6 Å². The van der Waals surface area contributed by atoms with E-state index in [1.807, 2.05) is 35.9 Å². The molecule has 4 aromatic rings. The average molecular weight is 463 g/mol. The van der Waals surface area contributed by atoms with Crippen molar-refractivity contribution in [3.8, 4) is 0 Å². The lowest BCUT2D eigenvalue weighted by Crippen LogP contribution is -2.40. The zero-order valence-electron chi connectivity index (χ0n) is 18.0. The fourth-order valence-corrected chi connectivity index (χ4v) is 4.41. The summed E-state index contributed by atoms with van der Waals surface area (Å²) < 4.78 is 7.26. The molecule has 2 aromatic heterocycles. The number of anilines is 1. The maximum Gasteiger partial charge on any atom is 0.254 e. The molecular formula is C23H22N6O3S. The fraction of sp³-hybridized carbons (Fsp3) is 0.261. The highest BCUT2D eigenvalue weighted by Gasteiger charge is 2.18. The largest absolute Gasteiger partial charge is 0.378 e. The number of aromatic nitrogens is 4. The number of rotatable bonds is 5. The predicted octanol–water partition coefficient (Wildman–Crippen LogP) is 2.72. The van der Waals surface area contributed by atoms with Crippen molar-refractivity contribution in [3.05, 3.63) is 54.1 Å². The summed E-state index contributed by atoms with van der Waals surface area (Å²) in [6.45, 7) is 2.31. The molecule has 10 heteroatoms. The van der Waals surface area contributed by atoms with Crippen molar-refractivity contribution in [1.29, 1.82) is 0 Å². The Bertz CT molecular complexity index is 1330. The Labute approximate surface area is 194 Å². The highest BCUT2D eigenvalue weighted by Crippen LogP contribution is 2.26. The molecule has 0 saturated carbocycles. The molecule has 1 saturated heterocycles. The molecule has 0 spiro atoms. The Hall–Kier alpha value is -3.50. The van der Waals surface area contributed by atoms with E-state index in [0.717, 1.165) is 22.1 Å². The number of ether oxygens (including phenoxy) is 1. The Balaban J connectivity index is 1.21. The minimum Gasteiger partial charge on any atom is -0.378 e. The quantitative estimate of drug-likeness (QED) is 0.455. The fourth-order valence-electron chi connectivity index (χ4n) is 3.83. The van der Waals surface area contributed by atoms with Gasteiger partial charge in [-0.25, -0.2) is 4.98 Å². The first-order valence-electron chi connectivity index (χ1n) is 10.6. The summed E-state index contributed by atoms with van der Waals surface area (Å²) in [6.07, 6.45) is 0. The number of morpholine rings is 1. The van der Waals surface area contributed by atoms with Gasteiger partial charge >= 0.3 is 0 Å². The van der Waals surface area contributed by atoms with Gasteiger partial charge in [0.05, 0.1) is 24.5 Å². The number of para-hydroxylation sites is 1. The number of fused-ring (bicyclic) bond motifs is 3. The van der Waals surface area contributed by atoms with Gasteiger partial charge in [-0.2, -0.15) is 0 Å². The van der Waals surface area contributed by atoms with Crippen LogP contribution in [0.2, 0.25) is 0 Å². The number of carbonyl (C=O) groups excluding carboxylic acids is 2. The van der Waals surface area contributed by atoms with Crippen LogP contribution >= 0.6 is 11.8 Å². The van der Waals surface area contributed by atoms with E-state index in [4.69, 9.17) is 4.74 Å². The number of aryl methyl sites for hydroxylation is 1. The van der Waals surface area contributed by atoms with Crippen LogP contribution in [-0.4, -0.2) is 68.5 Å². The third-order valence-corrected chi connectivity index (χ3v) is 6.37. The molecule has 9 nitrogen and oxygen atoms in total. The van der Waals surface area contributed by atoms with Crippen molar-refractivity contribution in [1.82, 2.24) is 24.6 Å². The van der Waals surface area contributed by atoms with E-state index in [-0.39, 0.29) is 17.6 Å². The van der Waals surface area contributed by atoms with Crippen LogP contribution in [0.1, 0.15) is 10.4 Å². The number of hydrogen-bond donors (Lipinski definition) is 1. The van der Waals surface area contributed by atoms with Gasteiger partial charge in [-0.15, -0.1) is 10.2 Å². The van der Waals surface area contributed by atoms with E-state index in [2.05, 4.69) is 20.5 Å². The third-order valence-electron chi connectivity index (χ3n) is 5.53. The smallest absolute Gasteiger partial charge is 0.254 e. The molecule has 0 radical (unpaired) electrons. The molecule has 0 atom stereocenters. The summed E-state index contributed by atoms with van der Waals surface area (Å²) >= 11 is 1.23. The standard InChI is InChI=1S/C23H22N6O3S/c1-28-18-5-3-2-4-17(18)20-21(28)25-23(27-26-20)33-14-19(30)24-16-8-6-15(7-9-16)22(31)29-10-12-32-13-11-29/h2-9H,10-14H2,1H3,(H,24,30). The first-order chi connectivity index (χ1) is 16.1. The summed E-state index contributed by atoms with van der Waals surface area (Å²) in [7, 11) is 1.94. The highest BCUT2D eigenvalue weighted by atomic mass is 32.2. The zero-order valence-corrected chi connectivity index (χ0v) is 18.8. The van der Waals surface area contributed by atoms with Crippen LogP contribution in [0.15, 0.2) is 53.7 Å². The Morgan fingerprint density at radius 3 is 2.61 bits per heavy atom. The molecule has 2 aromatic carbocycles. The summed E-state index contributed by atoms with van der Waals surface area (Å²) in [5.74, 6) is -0.0703. The molecule has 2 amide bonds. The van der Waals surface area contributed by atoms with Crippen LogP contribution in [0.3, 0.4) is 0 Å². The number of nitrogens with one attached hydrogen (secondary N) is 1. The molecular weight excluding hydrogens is 440 g/mol. The monoisotopic (exact) mass is 462 g/mol.